The maximum Gasteiger partial charge on any atom is 0.411 e. The number of aromatic nitrogens is 1. The fourth-order valence-corrected chi connectivity index (χ4v) is 4.43. The van der Waals surface area contributed by atoms with Gasteiger partial charge in [0.25, 0.3) is 5.91 Å². The second kappa shape index (κ2) is 9.97. The first-order valence-corrected chi connectivity index (χ1v) is 12.1. The van der Waals surface area contributed by atoms with E-state index in [-0.39, 0.29) is 18.1 Å². The maximum atomic E-state index is 13.3. The predicted molar refractivity (Wildman–Crippen MR) is 136 cm³/mol. The van der Waals surface area contributed by atoms with Crippen LogP contribution in [-0.2, 0) is 4.74 Å². The Hall–Kier alpha value is -3.56. The molecule has 0 saturated carbocycles. The number of carbonyl (C=O) groups is 2. The van der Waals surface area contributed by atoms with E-state index in [1.807, 2.05) is 49.5 Å². The Morgan fingerprint density at radius 2 is 1.77 bits per heavy atom. The number of hydrazone groups is 1. The Kier molecular flexibility index (Phi) is 6.61. The summed E-state index contributed by atoms with van der Waals surface area (Å²) in [5, 5.41) is 8.98. The van der Waals surface area contributed by atoms with Crippen LogP contribution in [0.25, 0.3) is 0 Å². The zero-order valence-corrected chi connectivity index (χ0v) is 20.7. The summed E-state index contributed by atoms with van der Waals surface area (Å²) in [6.07, 6.45) is 1.72. The normalized spacial score (nSPS) is 18.1. The van der Waals surface area contributed by atoms with Gasteiger partial charge in [-0.25, -0.2) is 9.80 Å². The van der Waals surface area contributed by atoms with Crippen molar-refractivity contribution in [1.29, 1.82) is 0 Å². The summed E-state index contributed by atoms with van der Waals surface area (Å²) >= 11 is 3.41. The van der Waals surface area contributed by atoms with Crippen molar-refractivity contribution in [3.05, 3.63) is 94.2 Å². The number of amides is 2. The number of benzene rings is 2. The van der Waals surface area contributed by atoms with E-state index in [4.69, 9.17) is 9.84 Å². The minimum atomic E-state index is -0.462. The van der Waals surface area contributed by atoms with E-state index in [9.17, 15) is 9.59 Å². The molecule has 8 nitrogen and oxygen atoms in total. The fourth-order valence-electron chi connectivity index (χ4n) is 4.16. The highest BCUT2D eigenvalue weighted by molar-refractivity contribution is 9.10. The van der Waals surface area contributed by atoms with E-state index in [1.165, 1.54) is 5.01 Å². The summed E-state index contributed by atoms with van der Waals surface area (Å²) in [6, 6.07) is 20.0. The van der Waals surface area contributed by atoms with Crippen LogP contribution >= 0.6 is 15.9 Å². The topological polar surface area (TPSA) is 87.1 Å². The van der Waals surface area contributed by atoms with Gasteiger partial charge in [0.15, 0.2) is 0 Å². The third-order valence-electron chi connectivity index (χ3n) is 6.01. The lowest BCUT2D eigenvalue weighted by atomic mass is 10.0. The predicted octanol–water partition coefficient (Wildman–Crippen LogP) is 4.70. The quantitative estimate of drug-likeness (QED) is 0.513. The molecule has 178 valence electrons. The number of hydrogen-bond acceptors (Lipinski definition) is 6. The minimum absolute atomic E-state index is 0.0649. The number of likely N-dealkylation sites (tertiary alicyclic amines) is 1. The largest absolute Gasteiger partial charge is 0.443 e. The van der Waals surface area contributed by atoms with Crippen molar-refractivity contribution < 1.29 is 14.3 Å². The van der Waals surface area contributed by atoms with E-state index < -0.39 is 6.09 Å². The summed E-state index contributed by atoms with van der Waals surface area (Å²) in [5.41, 5.74) is 3.61. The van der Waals surface area contributed by atoms with Gasteiger partial charge in [0, 0.05) is 41.4 Å². The van der Waals surface area contributed by atoms with Crippen molar-refractivity contribution in [3.8, 4) is 0 Å². The van der Waals surface area contributed by atoms with Crippen LogP contribution in [0.4, 0.5) is 10.5 Å². The molecule has 5 rings (SSSR count). The van der Waals surface area contributed by atoms with Crippen molar-refractivity contribution >= 4 is 39.3 Å². The average molecular weight is 534 g/mol. The first-order chi connectivity index (χ1) is 17.0. The molecule has 2 aliphatic rings. The fraction of sp³-hybridized carbons (Fsp3) is 0.231. The highest BCUT2D eigenvalue weighted by Gasteiger charge is 2.34. The van der Waals surface area contributed by atoms with Crippen LogP contribution < -0.4 is 5.32 Å². The zero-order chi connectivity index (χ0) is 24.4. The highest BCUT2D eigenvalue weighted by atomic mass is 79.9. The number of likely N-dealkylation sites (N-methyl/N-ethyl adjacent to an activating group) is 1. The lowest BCUT2D eigenvalue weighted by molar-refractivity contribution is 0.00682. The molecule has 0 aliphatic carbocycles. The Balaban J connectivity index is 1.33. The number of nitrogens with zero attached hydrogens (tertiary/aromatic N) is 4. The number of carbonyl (C=O) groups excluding carboxylic acids is 2. The Bertz CT molecular complexity index is 1240. The summed E-state index contributed by atoms with van der Waals surface area (Å²) in [6.45, 7) is 1.50. The molecular weight excluding hydrogens is 510 g/mol. The molecular formula is C26H24BrN5O3. The second-order valence-corrected chi connectivity index (χ2v) is 9.54. The molecule has 0 spiro atoms. The maximum absolute atomic E-state index is 13.3. The SMILES string of the molecule is CN1CC(OC(=O)Nc2ccc(C3=NN(C(=O)c4ccc(Br)cc4)C(c4ccccn4)C3)cc2)C1. The van der Waals surface area contributed by atoms with Crippen LogP contribution in [-0.4, -0.2) is 58.8 Å². The molecule has 2 aromatic carbocycles. The second-order valence-electron chi connectivity index (χ2n) is 8.63. The van der Waals surface area contributed by atoms with E-state index in [2.05, 4.69) is 31.1 Å². The molecule has 1 fully saturated rings. The first-order valence-electron chi connectivity index (χ1n) is 11.3. The van der Waals surface area contributed by atoms with Crippen molar-refractivity contribution in [2.45, 2.75) is 18.6 Å². The van der Waals surface area contributed by atoms with Gasteiger partial charge in [0.05, 0.1) is 11.4 Å². The van der Waals surface area contributed by atoms with Gasteiger partial charge < -0.3 is 4.74 Å². The summed E-state index contributed by atoms with van der Waals surface area (Å²) in [4.78, 5) is 32.0. The standard InChI is InChI=1S/C26H24BrN5O3/c1-31-15-21(16-31)35-26(34)29-20-11-7-17(8-12-20)23-14-24(22-4-2-3-13-28-22)32(30-23)25(33)18-5-9-19(27)10-6-18/h2-13,21,24H,14-16H2,1H3,(H,29,34). The van der Waals surface area contributed by atoms with Crippen LogP contribution in [0.5, 0.6) is 0 Å². The summed E-state index contributed by atoms with van der Waals surface area (Å²) < 4.78 is 6.28. The molecule has 2 amide bonds. The van der Waals surface area contributed by atoms with Crippen molar-refractivity contribution in [2.75, 3.05) is 25.5 Å². The van der Waals surface area contributed by atoms with E-state index in [0.717, 1.165) is 34.5 Å². The lowest BCUT2D eigenvalue weighted by Gasteiger charge is -2.35. The third-order valence-corrected chi connectivity index (χ3v) is 6.54. The van der Waals surface area contributed by atoms with Gasteiger partial charge >= 0.3 is 6.09 Å². The van der Waals surface area contributed by atoms with Crippen LogP contribution in [0.1, 0.15) is 34.1 Å². The Morgan fingerprint density at radius 3 is 2.43 bits per heavy atom. The highest BCUT2D eigenvalue weighted by Crippen LogP contribution is 2.33. The van der Waals surface area contributed by atoms with Crippen molar-refractivity contribution in [1.82, 2.24) is 14.9 Å². The van der Waals surface area contributed by atoms with Crippen LogP contribution in [0.3, 0.4) is 0 Å². The number of anilines is 1. The van der Waals surface area contributed by atoms with Gasteiger partial charge in [0.2, 0.25) is 0 Å². The van der Waals surface area contributed by atoms with Crippen molar-refractivity contribution in [2.24, 2.45) is 5.10 Å². The summed E-state index contributed by atoms with van der Waals surface area (Å²) in [7, 11) is 1.98. The van der Waals surface area contributed by atoms with Crippen LogP contribution in [0, 0.1) is 0 Å². The monoisotopic (exact) mass is 533 g/mol. The molecule has 3 aromatic rings. The lowest BCUT2D eigenvalue weighted by Crippen LogP contribution is -2.50. The number of hydrogen-bond donors (Lipinski definition) is 1. The van der Waals surface area contributed by atoms with Crippen LogP contribution in [0.2, 0.25) is 0 Å². The van der Waals surface area contributed by atoms with Gasteiger partial charge in [-0.15, -0.1) is 0 Å². The average Bonchev–Trinajstić information content (AvgIpc) is 3.30. The molecule has 1 saturated heterocycles. The van der Waals surface area contributed by atoms with Gasteiger partial charge in [0.1, 0.15) is 12.1 Å². The zero-order valence-electron chi connectivity index (χ0n) is 19.1. The molecule has 0 radical (unpaired) electrons. The van der Waals surface area contributed by atoms with E-state index >= 15 is 0 Å². The molecule has 2 aliphatic heterocycles. The van der Waals surface area contributed by atoms with Gasteiger partial charge in [-0.2, -0.15) is 5.10 Å². The molecule has 0 bridgehead atoms. The number of nitrogens with one attached hydrogen (secondary N) is 1. The molecule has 1 aromatic heterocycles. The molecule has 1 atom stereocenters. The van der Waals surface area contributed by atoms with Gasteiger partial charge in [-0.05, 0) is 61.1 Å². The number of halogens is 1. The smallest absolute Gasteiger partial charge is 0.411 e. The molecule has 1 N–H and O–H groups in total. The molecule has 9 heteroatoms. The number of pyridine rings is 1. The molecule has 3 heterocycles. The van der Waals surface area contributed by atoms with E-state index in [0.29, 0.717) is 17.7 Å². The van der Waals surface area contributed by atoms with E-state index in [1.54, 1.807) is 30.5 Å². The van der Waals surface area contributed by atoms with Crippen LogP contribution in [0.15, 0.2) is 82.5 Å². The Morgan fingerprint density at radius 1 is 1.03 bits per heavy atom. The number of ether oxygens (including phenoxy) is 1. The molecule has 1 unspecified atom stereocenters. The summed E-state index contributed by atoms with van der Waals surface area (Å²) in [5.74, 6) is -0.189. The number of rotatable bonds is 5. The Labute approximate surface area is 211 Å². The van der Waals surface area contributed by atoms with Gasteiger partial charge in [-0.1, -0.05) is 34.1 Å². The minimum Gasteiger partial charge on any atom is -0.443 e. The van der Waals surface area contributed by atoms with Crippen molar-refractivity contribution in [3.63, 3.8) is 0 Å². The first kappa shape index (κ1) is 23.2. The molecule has 35 heavy (non-hydrogen) atoms. The third kappa shape index (κ3) is 5.26. The van der Waals surface area contributed by atoms with Gasteiger partial charge in [-0.3, -0.25) is 20.0 Å².